The Labute approximate surface area is 308 Å². The van der Waals surface area contributed by atoms with Gasteiger partial charge in [-0.05, 0) is 91.9 Å². The van der Waals surface area contributed by atoms with Gasteiger partial charge < -0.3 is 39.6 Å². The average molecular weight is 739 g/mol. The molecule has 0 spiro atoms. The molecule has 0 bridgehead atoms. The van der Waals surface area contributed by atoms with Crippen molar-refractivity contribution in [2.24, 2.45) is 5.41 Å². The molecule has 1 aromatic heterocycles. The van der Waals surface area contributed by atoms with Crippen LogP contribution in [-0.2, 0) is 20.9 Å². The molecule has 54 heavy (non-hydrogen) atoms. The van der Waals surface area contributed by atoms with Crippen molar-refractivity contribution in [2.75, 3.05) is 31.5 Å². The molecule has 278 valence electrons. The fourth-order valence-corrected chi connectivity index (χ4v) is 5.78. The number of amides is 3. The fraction of sp³-hybridized carbons (Fsp3) is 0.250. The summed E-state index contributed by atoms with van der Waals surface area (Å²) in [6.07, 6.45) is 3.01. The third-order valence-electron chi connectivity index (χ3n) is 9.37. The molecule has 3 N–H and O–H groups in total. The number of pyridine rings is 1. The van der Waals surface area contributed by atoms with Gasteiger partial charge in [-0.15, -0.1) is 0 Å². The predicted molar refractivity (Wildman–Crippen MR) is 194 cm³/mol. The summed E-state index contributed by atoms with van der Waals surface area (Å²) in [4.78, 5) is 43.0. The minimum Gasteiger partial charge on any atom is -0.497 e. The monoisotopic (exact) mass is 738 g/mol. The maximum atomic E-state index is 15.4. The van der Waals surface area contributed by atoms with Gasteiger partial charge in [-0.1, -0.05) is 12.1 Å². The van der Waals surface area contributed by atoms with Crippen molar-refractivity contribution >= 4 is 40.2 Å². The van der Waals surface area contributed by atoms with Gasteiger partial charge in [-0.3, -0.25) is 14.6 Å². The molecule has 5 aromatic rings. The number of nitrogens with one attached hydrogen (secondary N) is 3. The second-order valence-corrected chi connectivity index (χ2v) is 13.2. The molecular formula is C40H36F2N4O8. The number of anilines is 2. The first-order valence-electron chi connectivity index (χ1n) is 17.1. The number of rotatable bonds is 14. The lowest BCUT2D eigenvalue weighted by atomic mass is 10.0. The topological polar surface area (TPSA) is 146 Å². The van der Waals surface area contributed by atoms with Gasteiger partial charge in [0.15, 0.2) is 23.1 Å². The average Bonchev–Trinajstić information content (AvgIpc) is 4.12. The molecule has 3 amide bonds. The van der Waals surface area contributed by atoms with Gasteiger partial charge in [0.05, 0.1) is 25.3 Å². The summed E-state index contributed by atoms with van der Waals surface area (Å²) in [6, 6.07) is 21.3. The second-order valence-electron chi connectivity index (χ2n) is 13.2. The van der Waals surface area contributed by atoms with Crippen LogP contribution in [0.4, 0.5) is 25.0 Å². The molecular weight excluding hydrogens is 702 g/mol. The van der Waals surface area contributed by atoms with Crippen LogP contribution in [0.2, 0.25) is 0 Å². The Kier molecular flexibility index (Phi) is 9.91. The first-order chi connectivity index (χ1) is 26.1. The summed E-state index contributed by atoms with van der Waals surface area (Å²) in [7, 11) is 3.06. The number of aromatic nitrogens is 1. The first-order valence-corrected chi connectivity index (χ1v) is 17.1. The van der Waals surface area contributed by atoms with Crippen LogP contribution in [0.1, 0.15) is 31.2 Å². The zero-order valence-corrected chi connectivity index (χ0v) is 29.4. The van der Waals surface area contributed by atoms with E-state index in [1.165, 1.54) is 49.7 Å². The Morgan fingerprint density at radius 3 is 2.09 bits per heavy atom. The molecule has 4 aromatic carbocycles. The summed E-state index contributed by atoms with van der Waals surface area (Å²) >= 11 is 0. The number of ether oxygens (including phenoxy) is 5. The van der Waals surface area contributed by atoms with Crippen molar-refractivity contribution in [2.45, 2.75) is 37.8 Å². The number of alkyl carbamates (subject to hydrolysis) is 1. The fourth-order valence-electron chi connectivity index (χ4n) is 5.78. The SMILES string of the molecule is COc1ccc(COC(=O)NC2(COc3cc4nccc(Oc5ccc(NC(=O)C6(C(=O)Nc7ccc(F)cc7)CC6)cc5F)c4cc3OC)CC2)cc1. The minimum absolute atomic E-state index is 0.105. The quantitative estimate of drug-likeness (QED) is 0.0985. The van der Waals surface area contributed by atoms with Crippen LogP contribution in [0, 0.1) is 17.0 Å². The predicted octanol–water partition coefficient (Wildman–Crippen LogP) is 7.52. The summed E-state index contributed by atoms with van der Waals surface area (Å²) in [6.45, 7) is 0.268. The van der Waals surface area contributed by atoms with Crippen LogP contribution in [-0.4, -0.2) is 49.3 Å². The second kappa shape index (κ2) is 14.9. The lowest BCUT2D eigenvalue weighted by Gasteiger charge is -2.20. The van der Waals surface area contributed by atoms with Crippen LogP contribution in [0.25, 0.3) is 10.9 Å². The summed E-state index contributed by atoms with van der Waals surface area (Å²) in [5.41, 5.74) is -0.0905. The van der Waals surface area contributed by atoms with E-state index in [2.05, 4.69) is 20.9 Å². The maximum Gasteiger partial charge on any atom is 0.408 e. The summed E-state index contributed by atoms with van der Waals surface area (Å²) in [5, 5.41) is 8.70. The molecule has 0 unspecified atom stereocenters. The number of hydrogen-bond donors (Lipinski definition) is 3. The van der Waals surface area contributed by atoms with Gasteiger partial charge in [0.2, 0.25) is 11.8 Å². The van der Waals surface area contributed by atoms with Gasteiger partial charge in [-0.2, -0.15) is 0 Å². The molecule has 2 aliphatic carbocycles. The number of benzene rings is 4. The molecule has 2 saturated carbocycles. The van der Waals surface area contributed by atoms with Crippen molar-refractivity contribution in [1.82, 2.24) is 10.3 Å². The number of carbonyl (C=O) groups excluding carboxylic acids is 3. The van der Waals surface area contributed by atoms with E-state index in [0.29, 0.717) is 59.5 Å². The third kappa shape index (κ3) is 7.97. The van der Waals surface area contributed by atoms with Crippen LogP contribution < -0.4 is 34.9 Å². The molecule has 2 aliphatic rings. The number of methoxy groups -OCH3 is 2. The largest absolute Gasteiger partial charge is 0.497 e. The highest BCUT2D eigenvalue weighted by molar-refractivity contribution is 6.16. The minimum atomic E-state index is -1.31. The zero-order chi connectivity index (χ0) is 37.9. The Hall–Kier alpha value is -6.44. The van der Waals surface area contributed by atoms with Gasteiger partial charge in [0.25, 0.3) is 0 Å². The van der Waals surface area contributed by atoms with Gasteiger partial charge in [-0.25, -0.2) is 13.6 Å². The van der Waals surface area contributed by atoms with E-state index in [4.69, 9.17) is 23.7 Å². The van der Waals surface area contributed by atoms with E-state index in [-0.39, 0.29) is 30.4 Å². The highest BCUT2D eigenvalue weighted by atomic mass is 19.1. The van der Waals surface area contributed by atoms with Crippen LogP contribution in [0.15, 0.2) is 91.1 Å². The van der Waals surface area contributed by atoms with Gasteiger partial charge >= 0.3 is 6.09 Å². The lowest BCUT2D eigenvalue weighted by Crippen LogP contribution is -2.41. The maximum absolute atomic E-state index is 15.4. The van der Waals surface area contributed by atoms with E-state index in [9.17, 15) is 18.8 Å². The number of nitrogens with zero attached hydrogens (tertiary/aromatic N) is 1. The van der Waals surface area contributed by atoms with Crippen LogP contribution in [0.5, 0.6) is 28.7 Å². The zero-order valence-electron chi connectivity index (χ0n) is 29.4. The highest BCUT2D eigenvalue weighted by Crippen LogP contribution is 2.48. The first kappa shape index (κ1) is 35.9. The molecule has 1 heterocycles. The van der Waals surface area contributed by atoms with E-state index < -0.39 is 40.5 Å². The Balaban J connectivity index is 0.974. The van der Waals surface area contributed by atoms with E-state index in [0.717, 1.165) is 11.6 Å². The summed E-state index contributed by atoms with van der Waals surface area (Å²) < 4.78 is 56.9. The number of halogens is 2. The molecule has 0 saturated heterocycles. The van der Waals surface area contributed by atoms with Gasteiger partial charge in [0, 0.05) is 35.1 Å². The van der Waals surface area contributed by atoms with Crippen LogP contribution >= 0.6 is 0 Å². The molecule has 14 heteroatoms. The van der Waals surface area contributed by atoms with E-state index in [1.807, 2.05) is 12.1 Å². The number of carbonyl (C=O) groups is 3. The molecule has 12 nitrogen and oxygen atoms in total. The van der Waals surface area contributed by atoms with E-state index >= 15 is 4.39 Å². The van der Waals surface area contributed by atoms with Gasteiger partial charge in [0.1, 0.15) is 35.9 Å². The van der Waals surface area contributed by atoms with E-state index in [1.54, 1.807) is 37.4 Å². The number of fused-ring (bicyclic) bond motifs is 1. The number of hydrogen-bond acceptors (Lipinski definition) is 9. The van der Waals surface area contributed by atoms with Crippen molar-refractivity contribution in [3.8, 4) is 28.7 Å². The summed E-state index contributed by atoms with van der Waals surface area (Å²) in [5.74, 6) is -0.662. The molecule has 7 rings (SSSR count). The molecule has 0 radical (unpaired) electrons. The third-order valence-corrected chi connectivity index (χ3v) is 9.37. The standard InChI is InChI=1S/C40H36F2N4O8/c1-50-28-10-3-24(4-11-28)22-52-38(49)46-39(14-15-39)23-53-35-21-31-29(20-34(35)51-2)32(13-18-43-31)54-33-12-9-27(19-30(33)42)45-37(48)40(16-17-40)36(47)44-26-7-5-25(41)6-8-26/h3-13,18-21H,14-17,22-23H2,1-2H3,(H,44,47)(H,45,48)(H,46,49). The Morgan fingerprint density at radius 1 is 0.741 bits per heavy atom. The lowest BCUT2D eigenvalue weighted by molar-refractivity contribution is -0.131. The smallest absolute Gasteiger partial charge is 0.408 e. The normalized spacial score (nSPS) is 14.7. The van der Waals surface area contributed by atoms with Crippen molar-refractivity contribution in [3.63, 3.8) is 0 Å². The van der Waals surface area contributed by atoms with Crippen molar-refractivity contribution in [1.29, 1.82) is 0 Å². The highest BCUT2D eigenvalue weighted by Gasteiger charge is 2.56. The Morgan fingerprint density at radius 2 is 1.44 bits per heavy atom. The van der Waals surface area contributed by atoms with Crippen molar-refractivity contribution < 1.29 is 46.8 Å². The molecule has 0 atom stereocenters. The molecule has 0 aliphatic heterocycles. The Bertz CT molecular complexity index is 2210. The van der Waals surface area contributed by atoms with Crippen molar-refractivity contribution in [3.05, 3.63) is 108 Å². The van der Waals surface area contributed by atoms with Crippen LogP contribution in [0.3, 0.4) is 0 Å². The molecule has 2 fully saturated rings.